The molecule has 7 nitrogen and oxygen atoms in total. The molecule has 0 radical (unpaired) electrons. The van der Waals surface area contributed by atoms with Gasteiger partial charge in [-0.3, -0.25) is 4.79 Å². The Morgan fingerprint density at radius 1 is 0.852 bits per heavy atom. The molecular formula is C20H22N6O. The van der Waals surface area contributed by atoms with E-state index in [4.69, 9.17) is 0 Å². The highest BCUT2D eigenvalue weighted by Crippen LogP contribution is 2.23. The molecule has 1 heterocycles. The molecule has 2 aromatic carbocycles. The van der Waals surface area contributed by atoms with Crippen LogP contribution in [0.25, 0.3) is 0 Å². The highest BCUT2D eigenvalue weighted by atomic mass is 16.1. The summed E-state index contributed by atoms with van der Waals surface area (Å²) < 4.78 is 0. The molecule has 0 saturated carbocycles. The third-order valence-corrected chi connectivity index (χ3v) is 3.78. The van der Waals surface area contributed by atoms with Crippen LogP contribution in [0, 0.1) is 0 Å². The summed E-state index contributed by atoms with van der Waals surface area (Å²) in [6, 6.07) is 17.3. The Bertz CT molecular complexity index is 924. The number of benzene rings is 2. The first-order valence-electron chi connectivity index (χ1n) is 8.51. The lowest BCUT2D eigenvalue weighted by Gasteiger charge is -2.14. The Hall–Kier alpha value is -3.61. The molecule has 7 heteroatoms. The number of nitrogens with one attached hydrogen (secondary N) is 3. The van der Waals surface area contributed by atoms with Crippen molar-refractivity contribution in [3.8, 4) is 0 Å². The van der Waals surface area contributed by atoms with Gasteiger partial charge in [-0.05, 0) is 42.5 Å². The van der Waals surface area contributed by atoms with Crippen molar-refractivity contribution >= 4 is 40.3 Å². The van der Waals surface area contributed by atoms with Gasteiger partial charge in [0.15, 0.2) is 0 Å². The van der Waals surface area contributed by atoms with Crippen LogP contribution in [0.5, 0.6) is 0 Å². The summed E-state index contributed by atoms with van der Waals surface area (Å²) >= 11 is 0. The molecule has 0 aliphatic carbocycles. The van der Waals surface area contributed by atoms with Gasteiger partial charge < -0.3 is 20.9 Å². The van der Waals surface area contributed by atoms with E-state index < -0.39 is 0 Å². The first-order valence-corrected chi connectivity index (χ1v) is 8.51. The van der Waals surface area contributed by atoms with Crippen LogP contribution in [0.3, 0.4) is 0 Å². The molecule has 27 heavy (non-hydrogen) atoms. The molecule has 0 atom stereocenters. The van der Waals surface area contributed by atoms with Crippen molar-refractivity contribution in [1.29, 1.82) is 0 Å². The molecule has 138 valence electrons. The second kappa shape index (κ2) is 8.18. The van der Waals surface area contributed by atoms with Gasteiger partial charge in [-0.1, -0.05) is 6.07 Å². The fourth-order valence-electron chi connectivity index (χ4n) is 2.49. The summed E-state index contributed by atoms with van der Waals surface area (Å²) in [4.78, 5) is 21.7. The van der Waals surface area contributed by atoms with E-state index in [9.17, 15) is 4.79 Å². The van der Waals surface area contributed by atoms with Crippen LogP contribution in [0.1, 0.15) is 6.92 Å². The van der Waals surface area contributed by atoms with E-state index in [1.807, 2.05) is 67.5 Å². The third kappa shape index (κ3) is 5.18. The van der Waals surface area contributed by atoms with E-state index >= 15 is 0 Å². The second-order valence-electron chi connectivity index (χ2n) is 6.24. The predicted molar refractivity (Wildman–Crippen MR) is 110 cm³/mol. The van der Waals surface area contributed by atoms with Crippen LogP contribution < -0.4 is 20.9 Å². The van der Waals surface area contributed by atoms with Gasteiger partial charge in [0.1, 0.15) is 18.0 Å². The van der Waals surface area contributed by atoms with Crippen LogP contribution in [-0.4, -0.2) is 30.0 Å². The van der Waals surface area contributed by atoms with Crippen LogP contribution in [0.4, 0.5) is 34.4 Å². The number of anilines is 6. The SMILES string of the molecule is CC(=O)Nc1ccc(Nc2cc(Nc3cccc(N(C)C)c3)ncn2)cc1. The van der Waals surface area contributed by atoms with Crippen molar-refractivity contribution in [1.82, 2.24) is 9.97 Å². The predicted octanol–water partition coefficient (Wildman–Crippen LogP) is 3.99. The smallest absolute Gasteiger partial charge is 0.221 e. The molecule has 1 amide bonds. The van der Waals surface area contributed by atoms with Crippen molar-refractivity contribution in [2.75, 3.05) is 34.9 Å². The minimum absolute atomic E-state index is 0.0967. The summed E-state index contributed by atoms with van der Waals surface area (Å²) in [5.41, 5.74) is 3.67. The summed E-state index contributed by atoms with van der Waals surface area (Å²) in [6.07, 6.45) is 1.51. The number of aromatic nitrogens is 2. The third-order valence-electron chi connectivity index (χ3n) is 3.78. The number of hydrogen-bond donors (Lipinski definition) is 3. The minimum atomic E-state index is -0.0967. The zero-order valence-corrected chi connectivity index (χ0v) is 15.5. The van der Waals surface area contributed by atoms with Gasteiger partial charge >= 0.3 is 0 Å². The van der Waals surface area contributed by atoms with Crippen molar-refractivity contribution in [2.24, 2.45) is 0 Å². The second-order valence-corrected chi connectivity index (χ2v) is 6.24. The minimum Gasteiger partial charge on any atom is -0.378 e. The lowest BCUT2D eigenvalue weighted by molar-refractivity contribution is -0.114. The molecule has 0 aliphatic heterocycles. The molecule has 0 bridgehead atoms. The Morgan fingerprint density at radius 2 is 1.48 bits per heavy atom. The monoisotopic (exact) mass is 362 g/mol. The van der Waals surface area contributed by atoms with E-state index in [2.05, 4.69) is 32.0 Å². The summed E-state index contributed by atoms with van der Waals surface area (Å²) in [7, 11) is 4.01. The topological polar surface area (TPSA) is 82.2 Å². The van der Waals surface area contributed by atoms with Crippen LogP contribution >= 0.6 is 0 Å². The average Bonchev–Trinajstić information content (AvgIpc) is 2.63. The highest BCUT2D eigenvalue weighted by molar-refractivity contribution is 5.88. The Morgan fingerprint density at radius 3 is 2.11 bits per heavy atom. The highest BCUT2D eigenvalue weighted by Gasteiger charge is 2.03. The Balaban J connectivity index is 1.70. The molecule has 0 unspecified atom stereocenters. The molecule has 0 fully saturated rings. The molecule has 3 aromatic rings. The number of carbonyl (C=O) groups excluding carboxylic acids is 1. The molecule has 0 spiro atoms. The maximum Gasteiger partial charge on any atom is 0.221 e. The van der Waals surface area contributed by atoms with Gasteiger partial charge in [-0.15, -0.1) is 0 Å². The van der Waals surface area contributed by atoms with Crippen LogP contribution in [0.2, 0.25) is 0 Å². The molecule has 0 saturated heterocycles. The van der Waals surface area contributed by atoms with Crippen molar-refractivity contribution < 1.29 is 4.79 Å². The quantitative estimate of drug-likeness (QED) is 0.615. The average molecular weight is 362 g/mol. The molecule has 1 aromatic heterocycles. The molecule has 3 N–H and O–H groups in total. The number of rotatable bonds is 6. The van der Waals surface area contributed by atoms with Gasteiger partial charge in [0, 0.05) is 49.8 Å². The van der Waals surface area contributed by atoms with Crippen molar-refractivity contribution in [3.63, 3.8) is 0 Å². The maximum atomic E-state index is 11.1. The maximum absolute atomic E-state index is 11.1. The van der Waals surface area contributed by atoms with Crippen molar-refractivity contribution in [2.45, 2.75) is 6.92 Å². The lowest BCUT2D eigenvalue weighted by Crippen LogP contribution is -2.08. The first-order chi connectivity index (χ1) is 13.0. The Kier molecular flexibility index (Phi) is 5.51. The zero-order chi connectivity index (χ0) is 19.2. The van der Waals surface area contributed by atoms with E-state index in [1.54, 1.807) is 0 Å². The number of nitrogens with zero attached hydrogens (tertiary/aromatic N) is 3. The zero-order valence-electron chi connectivity index (χ0n) is 15.5. The van der Waals surface area contributed by atoms with Gasteiger partial charge in [-0.2, -0.15) is 0 Å². The fourth-order valence-corrected chi connectivity index (χ4v) is 2.49. The van der Waals surface area contributed by atoms with Crippen LogP contribution in [-0.2, 0) is 4.79 Å². The first kappa shape index (κ1) is 18.2. The van der Waals surface area contributed by atoms with E-state index in [0.29, 0.717) is 11.6 Å². The van der Waals surface area contributed by atoms with E-state index in [-0.39, 0.29) is 5.91 Å². The molecular weight excluding hydrogens is 340 g/mol. The van der Waals surface area contributed by atoms with E-state index in [1.165, 1.54) is 13.3 Å². The number of carbonyl (C=O) groups is 1. The van der Waals surface area contributed by atoms with E-state index in [0.717, 1.165) is 22.7 Å². The lowest BCUT2D eigenvalue weighted by atomic mass is 10.2. The van der Waals surface area contributed by atoms with Gasteiger partial charge in [-0.25, -0.2) is 9.97 Å². The van der Waals surface area contributed by atoms with Crippen LogP contribution in [0.15, 0.2) is 60.9 Å². The fraction of sp³-hybridized carbons (Fsp3) is 0.150. The standard InChI is InChI=1S/C20H22N6O/c1-14(27)23-15-7-9-16(10-8-15)24-19-12-20(22-13-21-19)25-17-5-4-6-18(11-17)26(2)3/h4-13H,1-3H3,(H,23,27)(H2,21,22,24,25). The van der Waals surface area contributed by atoms with Gasteiger partial charge in [0.05, 0.1) is 0 Å². The summed E-state index contributed by atoms with van der Waals surface area (Å²) in [6.45, 7) is 1.48. The molecule has 0 aliphatic rings. The number of amides is 1. The van der Waals surface area contributed by atoms with Gasteiger partial charge in [0.25, 0.3) is 0 Å². The largest absolute Gasteiger partial charge is 0.378 e. The summed E-state index contributed by atoms with van der Waals surface area (Å²) in [5, 5.41) is 9.26. The number of hydrogen-bond acceptors (Lipinski definition) is 6. The molecule has 3 rings (SSSR count). The van der Waals surface area contributed by atoms with Gasteiger partial charge in [0.2, 0.25) is 5.91 Å². The summed E-state index contributed by atoms with van der Waals surface area (Å²) in [5.74, 6) is 1.27. The van der Waals surface area contributed by atoms with Crippen molar-refractivity contribution in [3.05, 3.63) is 60.9 Å². The Labute approximate surface area is 158 Å². The normalized spacial score (nSPS) is 10.2.